The highest BCUT2D eigenvalue weighted by Crippen LogP contribution is 2.39. The van der Waals surface area contributed by atoms with Gasteiger partial charge in [-0.3, -0.25) is 9.78 Å². The Hall–Kier alpha value is -2.80. The Morgan fingerprint density at radius 3 is 2.53 bits per heavy atom. The lowest BCUT2D eigenvalue weighted by Crippen LogP contribution is -2.44. The number of pyridine rings is 1. The number of fused-ring (bicyclic) bond motifs is 1. The molecule has 7 heteroatoms. The molecule has 2 aromatic heterocycles. The van der Waals surface area contributed by atoms with E-state index in [-0.39, 0.29) is 17.0 Å². The van der Waals surface area contributed by atoms with E-state index < -0.39 is 5.82 Å². The molecule has 1 fully saturated rings. The van der Waals surface area contributed by atoms with Crippen molar-refractivity contribution in [3.05, 3.63) is 87.3 Å². The van der Waals surface area contributed by atoms with Crippen molar-refractivity contribution < 1.29 is 9.18 Å². The molecule has 4 nitrogen and oxygen atoms in total. The Labute approximate surface area is 232 Å². The summed E-state index contributed by atoms with van der Waals surface area (Å²) in [5.74, 6) is -0.510. The molecule has 1 aliphatic rings. The van der Waals surface area contributed by atoms with E-state index in [0.29, 0.717) is 27.5 Å². The van der Waals surface area contributed by atoms with Gasteiger partial charge in [-0.05, 0) is 87.0 Å². The van der Waals surface area contributed by atoms with Crippen molar-refractivity contribution in [2.75, 3.05) is 7.05 Å². The molecule has 1 N–H and O–H groups in total. The van der Waals surface area contributed by atoms with Crippen molar-refractivity contribution in [2.45, 2.75) is 64.6 Å². The molecule has 1 amide bonds. The van der Waals surface area contributed by atoms with Crippen LogP contribution in [0, 0.1) is 12.7 Å². The first kappa shape index (κ1) is 26.8. The molecule has 4 aromatic rings. The van der Waals surface area contributed by atoms with Crippen molar-refractivity contribution >= 4 is 38.9 Å². The summed E-state index contributed by atoms with van der Waals surface area (Å²) in [5.41, 5.74) is 5.44. The van der Waals surface area contributed by atoms with Crippen molar-refractivity contribution in [3.8, 4) is 11.1 Å². The third-order valence-corrected chi connectivity index (χ3v) is 9.41. The van der Waals surface area contributed by atoms with E-state index in [0.717, 1.165) is 54.5 Å². The van der Waals surface area contributed by atoms with Crippen LogP contribution in [0.15, 0.2) is 54.7 Å². The number of thiophene rings is 1. The van der Waals surface area contributed by atoms with E-state index in [1.165, 1.54) is 23.0 Å². The summed E-state index contributed by atoms with van der Waals surface area (Å²) in [4.78, 5) is 21.1. The Kier molecular flexibility index (Phi) is 8.12. The fourth-order valence-corrected chi connectivity index (χ4v) is 7.01. The van der Waals surface area contributed by atoms with Crippen molar-refractivity contribution in [1.29, 1.82) is 0 Å². The smallest absolute Gasteiger partial charge is 0.266 e. The zero-order valence-corrected chi connectivity index (χ0v) is 23.6. The minimum absolute atomic E-state index is 0.0904. The van der Waals surface area contributed by atoms with Gasteiger partial charge in [0.05, 0.1) is 5.02 Å². The van der Waals surface area contributed by atoms with Gasteiger partial charge >= 0.3 is 0 Å². The van der Waals surface area contributed by atoms with Crippen LogP contribution >= 0.6 is 22.9 Å². The van der Waals surface area contributed by atoms with Crippen LogP contribution in [-0.2, 0) is 13.0 Å². The van der Waals surface area contributed by atoms with Crippen molar-refractivity contribution in [2.24, 2.45) is 0 Å². The molecular weight excluding hydrogens is 517 g/mol. The van der Waals surface area contributed by atoms with Crippen LogP contribution < -0.4 is 5.32 Å². The van der Waals surface area contributed by atoms with Crippen LogP contribution in [0.25, 0.3) is 21.2 Å². The minimum atomic E-state index is -0.392. The van der Waals surface area contributed by atoms with Crippen LogP contribution in [0.1, 0.15) is 59.1 Å². The Bertz CT molecular complexity index is 1440. The van der Waals surface area contributed by atoms with Crippen LogP contribution in [0.4, 0.5) is 4.39 Å². The molecule has 0 atom stereocenters. The number of carbonyl (C=O) groups is 1. The number of hydrogen-bond acceptors (Lipinski definition) is 4. The molecule has 38 heavy (non-hydrogen) atoms. The van der Waals surface area contributed by atoms with E-state index in [1.807, 2.05) is 37.2 Å². The zero-order chi connectivity index (χ0) is 26.8. The summed E-state index contributed by atoms with van der Waals surface area (Å²) >= 11 is 7.95. The zero-order valence-electron chi connectivity index (χ0n) is 22.1. The van der Waals surface area contributed by atoms with Gasteiger partial charge in [-0.2, -0.15) is 0 Å². The molecule has 0 aliphatic heterocycles. The molecule has 0 spiro atoms. The lowest BCUT2D eigenvalue weighted by atomic mass is 9.89. The normalized spacial score (nSPS) is 17.6. The number of aromatic nitrogens is 1. The van der Waals surface area contributed by atoms with E-state index in [2.05, 4.69) is 41.5 Å². The summed E-state index contributed by atoms with van der Waals surface area (Å²) in [6.07, 6.45) is 6.61. The fourth-order valence-electron chi connectivity index (χ4n) is 5.50. The second kappa shape index (κ2) is 11.5. The number of aryl methyl sites for hydroxylation is 2. The molecule has 0 radical (unpaired) electrons. The number of amides is 1. The molecule has 0 unspecified atom stereocenters. The Morgan fingerprint density at radius 2 is 1.87 bits per heavy atom. The summed E-state index contributed by atoms with van der Waals surface area (Å²) < 4.78 is 15.3. The maximum atomic E-state index is 14.6. The van der Waals surface area contributed by atoms with Gasteiger partial charge in [-0.15, -0.1) is 11.3 Å². The van der Waals surface area contributed by atoms with Crippen LogP contribution in [-0.4, -0.2) is 34.9 Å². The summed E-state index contributed by atoms with van der Waals surface area (Å²) in [5, 5.41) is 3.94. The highest BCUT2D eigenvalue weighted by atomic mass is 35.5. The number of benzene rings is 2. The standard InChI is InChI=1S/C31H33ClFN3OS/c1-4-20-10-11-21(22-9-8-19(2)35-17-22)16-23(20)18-36(25-14-12-24(34-3)13-15-25)31(37)30-29(32)28-26(33)6-5-7-27(28)38-30/h5-11,16-17,24-25,34H,4,12-15,18H2,1-3H3/t24-,25-. The van der Waals surface area contributed by atoms with Gasteiger partial charge in [-0.25, -0.2) is 4.39 Å². The fraction of sp³-hybridized carbons (Fsp3) is 0.355. The van der Waals surface area contributed by atoms with Gasteiger partial charge < -0.3 is 10.2 Å². The summed E-state index contributed by atoms with van der Waals surface area (Å²) in [6, 6.07) is 16.0. The molecular formula is C31H33ClFN3OS. The van der Waals surface area contributed by atoms with Crippen molar-refractivity contribution in [1.82, 2.24) is 15.2 Å². The largest absolute Gasteiger partial charge is 0.331 e. The number of rotatable bonds is 7. The van der Waals surface area contributed by atoms with E-state index in [4.69, 9.17) is 11.6 Å². The average molecular weight is 550 g/mol. The first-order chi connectivity index (χ1) is 18.4. The number of hydrogen-bond donors (Lipinski definition) is 1. The van der Waals surface area contributed by atoms with Gasteiger partial charge in [0, 0.05) is 46.2 Å². The quantitative estimate of drug-likeness (QED) is 0.256. The number of nitrogens with one attached hydrogen (secondary N) is 1. The van der Waals surface area contributed by atoms with Crippen molar-refractivity contribution in [3.63, 3.8) is 0 Å². The van der Waals surface area contributed by atoms with Gasteiger partial charge in [0.1, 0.15) is 10.7 Å². The number of nitrogens with zero attached hydrogens (tertiary/aromatic N) is 2. The second-order valence-electron chi connectivity index (χ2n) is 10.1. The number of halogens is 2. The monoisotopic (exact) mass is 549 g/mol. The predicted octanol–water partition coefficient (Wildman–Crippen LogP) is 7.80. The first-order valence-electron chi connectivity index (χ1n) is 13.3. The highest BCUT2D eigenvalue weighted by molar-refractivity contribution is 7.21. The molecule has 2 aromatic carbocycles. The molecule has 0 saturated heterocycles. The minimum Gasteiger partial charge on any atom is -0.331 e. The lowest BCUT2D eigenvalue weighted by molar-refractivity contribution is 0.0606. The topological polar surface area (TPSA) is 45.2 Å². The maximum absolute atomic E-state index is 14.6. The van der Waals surface area contributed by atoms with Crippen LogP contribution in [0.5, 0.6) is 0 Å². The SMILES string of the molecule is CCc1ccc(-c2ccc(C)nc2)cc1CN(C(=O)c1sc2cccc(F)c2c1Cl)[C@H]1CC[C@H](NC)CC1. The van der Waals surface area contributed by atoms with E-state index in [1.54, 1.807) is 6.07 Å². The first-order valence-corrected chi connectivity index (χ1v) is 14.5. The van der Waals surface area contributed by atoms with Gasteiger partial charge in [0.2, 0.25) is 0 Å². The Morgan fingerprint density at radius 1 is 1.11 bits per heavy atom. The molecule has 1 aliphatic carbocycles. The third kappa shape index (κ3) is 5.35. The van der Waals surface area contributed by atoms with Gasteiger partial charge in [0.15, 0.2) is 0 Å². The highest BCUT2D eigenvalue weighted by Gasteiger charge is 2.32. The molecule has 198 valence electrons. The lowest BCUT2D eigenvalue weighted by Gasteiger charge is -2.37. The molecule has 5 rings (SSSR count). The number of carbonyl (C=O) groups excluding carboxylic acids is 1. The third-order valence-electron chi connectivity index (χ3n) is 7.78. The summed E-state index contributed by atoms with van der Waals surface area (Å²) in [7, 11) is 2.00. The maximum Gasteiger partial charge on any atom is 0.266 e. The molecule has 0 bridgehead atoms. The van der Waals surface area contributed by atoms with Crippen LogP contribution in [0.2, 0.25) is 5.02 Å². The van der Waals surface area contributed by atoms with E-state index in [9.17, 15) is 9.18 Å². The Balaban J connectivity index is 1.54. The summed E-state index contributed by atoms with van der Waals surface area (Å²) in [6.45, 7) is 4.60. The van der Waals surface area contributed by atoms with Crippen LogP contribution in [0.3, 0.4) is 0 Å². The predicted molar refractivity (Wildman–Crippen MR) is 156 cm³/mol. The molecule has 2 heterocycles. The molecule has 1 saturated carbocycles. The second-order valence-corrected chi connectivity index (χ2v) is 11.5. The average Bonchev–Trinajstić information content (AvgIpc) is 3.29. The van der Waals surface area contributed by atoms with Gasteiger partial charge in [0.25, 0.3) is 5.91 Å². The van der Waals surface area contributed by atoms with E-state index >= 15 is 0 Å². The van der Waals surface area contributed by atoms with Gasteiger partial charge in [-0.1, -0.05) is 42.8 Å².